The molecule has 2 aromatic heterocycles. The number of hydrogen-bond acceptors (Lipinski definition) is 5. The summed E-state index contributed by atoms with van der Waals surface area (Å²) in [6.07, 6.45) is -2.71. The Morgan fingerprint density at radius 2 is 1.79 bits per heavy atom. The Bertz CT molecular complexity index is 1040. The van der Waals surface area contributed by atoms with Gasteiger partial charge in [-0.3, -0.25) is 4.40 Å². The molecule has 0 aliphatic carbocycles. The molecular formula is C20H23F3N2O2S2. The number of aromatic nitrogens is 2. The minimum Gasteiger partial charge on any atom is -0.390 e. The lowest BCUT2D eigenvalue weighted by molar-refractivity contribution is -0.139. The summed E-state index contributed by atoms with van der Waals surface area (Å²) in [7, 11) is 0. The fourth-order valence-corrected chi connectivity index (χ4v) is 4.95. The molecule has 1 aromatic carbocycles. The lowest BCUT2D eigenvalue weighted by Crippen LogP contribution is -2.22. The average molecular weight is 445 g/mol. The van der Waals surface area contributed by atoms with Crippen molar-refractivity contribution in [2.75, 3.05) is 5.75 Å². The van der Waals surface area contributed by atoms with Crippen molar-refractivity contribution >= 4 is 28.1 Å². The lowest BCUT2D eigenvalue weighted by atomic mass is 10.1. The number of thioether (sulfide) groups is 1. The molecule has 2 N–H and O–H groups in total. The van der Waals surface area contributed by atoms with Crippen molar-refractivity contribution < 1.29 is 23.4 Å². The third-order valence-electron chi connectivity index (χ3n) is 4.24. The third-order valence-corrected chi connectivity index (χ3v) is 7.04. The Balaban J connectivity index is 2.13. The van der Waals surface area contributed by atoms with Gasteiger partial charge in [-0.1, -0.05) is 17.4 Å². The van der Waals surface area contributed by atoms with Gasteiger partial charge >= 0.3 is 6.18 Å². The summed E-state index contributed by atoms with van der Waals surface area (Å²) >= 11 is 2.32. The van der Waals surface area contributed by atoms with Gasteiger partial charge in [-0.05, 0) is 46.8 Å². The van der Waals surface area contributed by atoms with E-state index < -0.39 is 22.9 Å². The van der Waals surface area contributed by atoms with E-state index in [-0.39, 0.29) is 10.6 Å². The number of alkyl halides is 3. The molecule has 0 fully saturated rings. The van der Waals surface area contributed by atoms with Gasteiger partial charge in [0.25, 0.3) is 0 Å². The highest BCUT2D eigenvalue weighted by Crippen LogP contribution is 2.41. The molecule has 2 heterocycles. The van der Waals surface area contributed by atoms with E-state index in [2.05, 4.69) is 4.98 Å². The van der Waals surface area contributed by atoms with Crippen molar-refractivity contribution in [3.63, 3.8) is 0 Å². The van der Waals surface area contributed by atoms with E-state index in [1.165, 1.54) is 23.5 Å². The second kappa shape index (κ2) is 7.30. The number of aryl methyl sites for hydroxylation is 1. The first-order chi connectivity index (χ1) is 13.2. The predicted octanol–water partition coefficient (Wildman–Crippen LogP) is 5.48. The van der Waals surface area contributed by atoms with Crippen LogP contribution in [-0.4, -0.2) is 31.0 Å². The van der Waals surface area contributed by atoms with Crippen LogP contribution in [0, 0.1) is 6.92 Å². The zero-order valence-electron chi connectivity index (χ0n) is 16.8. The highest BCUT2D eigenvalue weighted by Gasteiger charge is 2.34. The Kier molecular flexibility index (Phi) is 5.57. The molecule has 29 heavy (non-hydrogen) atoms. The molecular weight excluding hydrogens is 421 g/mol. The highest BCUT2D eigenvalue weighted by atomic mass is 32.2. The van der Waals surface area contributed by atoms with Crippen molar-refractivity contribution in [3.8, 4) is 11.3 Å². The summed E-state index contributed by atoms with van der Waals surface area (Å²) in [4.78, 5) is 5.95. The van der Waals surface area contributed by atoms with Gasteiger partial charge < -0.3 is 10.2 Å². The van der Waals surface area contributed by atoms with Gasteiger partial charge in [0, 0.05) is 22.4 Å². The summed E-state index contributed by atoms with van der Waals surface area (Å²) in [5, 5.41) is 20.2. The molecule has 0 saturated carbocycles. The number of rotatable bonds is 5. The van der Waals surface area contributed by atoms with Crippen molar-refractivity contribution in [1.82, 2.24) is 9.38 Å². The van der Waals surface area contributed by atoms with Gasteiger partial charge in [-0.2, -0.15) is 13.2 Å². The van der Waals surface area contributed by atoms with Gasteiger partial charge in [0.1, 0.15) is 0 Å². The number of imidazole rings is 1. The van der Waals surface area contributed by atoms with E-state index in [1.54, 1.807) is 45.2 Å². The zero-order valence-corrected chi connectivity index (χ0v) is 18.4. The molecule has 3 aromatic rings. The molecule has 0 amide bonds. The van der Waals surface area contributed by atoms with Gasteiger partial charge in [-0.15, -0.1) is 11.8 Å². The molecule has 9 heteroatoms. The van der Waals surface area contributed by atoms with E-state index in [0.717, 1.165) is 17.8 Å². The van der Waals surface area contributed by atoms with Gasteiger partial charge in [0.05, 0.1) is 33.0 Å². The SMILES string of the molecule is Cc1nc2sc(C(C)(C)O)cn2c1-c1ccc(C(F)(F)F)c(SCC(C)(C)O)c1. The van der Waals surface area contributed by atoms with Crippen LogP contribution in [0.3, 0.4) is 0 Å². The molecule has 3 rings (SSSR count). The molecule has 0 aliphatic heterocycles. The van der Waals surface area contributed by atoms with Crippen LogP contribution in [0.2, 0.25) is 0 Å². The van der Waals surface area contributed by atoms with Crippen LogP contribution in [0.25, 0.3) is 16.2 Å². The molecule has 0 aliphatic rings. The summed E-state index contributed by atoms with van der Waals surface area (Å²) in [5.41, 5.74) is -0.886. The number of aliphatic hydroxyl groups is 2. The first-order valence-corrected chi connectivity index (χ1v) is 10.8. The van der Waals surface area contributed by atoms with Crippen LogP contribution in [0.5, 0.6) is 0 Å². The smallest absolute Gasteiger partial charge is 0.390 e. The first-order valence-electron chi connectivity index (χ1n) is 8.95. The van der Waals surface area contributed by atoms with Crippen LogP contribution in [-0.2, 0) is 11.8 Å². The van der Waals surface area contributed by atoms with E-state index in [0.29, 0.717) is 26.8 Å². The predicted molar refractivity (Wildman–Crippen MR) is 111 cm³/mol. The first kappa shape index (κ1) is 22.1. The van der Waals surface area contributed by atoms with Crippen molar-refractivity contribution in [3.05, 3.63) is 40.5 Å². The fraction of sp³-hybridized carbons (Fsp3) is 0.450. The molecule has 0 bridgehead atoms. The third kappa shape index (κ3) is 4.79. The van der Waals surface area contributed by atoms with Crippen molar-refractivity contribution in [1.29, 1.82) is 0 Å². The van der Waals surface area contributed by atoms with Crippen LogP contribution >= 0.6 is 23.1 Å². The van der Waals surface area contributed by atoms with Crippen LogP contribution < -0.4 is 0 Å². The van der Waals surface area contributed by atoms with E-state index in [9.17, 15) is 23.4 Å². The summed E-state index contributed by atoms with van der Waals surface area (Å²) in [6.45, 7) is 8.28. The maximum atomic E-state index is 13.5. The number of halogens is 3. The largest absolute Gasteiger partial charge is 0.417 e. The molecule has 0 radical (unpaired) electrons. The highest BCUT2D eigenvalue weighted by molar-refractivity contribution is 7.99. The topological polar surface area (TPSA) is 57.8 Å². The number of nitrogens with zero attached hydrogens (tertiary/aromatic N) is 2. The molecule has 158 valence electrons. The van der Waals surface area contributed by atoms with Crippen molar-refractivity contribution in [2.24, 2.45) is 0 Å². The summed E-state index contributed by atoms with van der Waals surface area (Å²) in [6, 6.07) is 4.01. The lowest BCUT2D eigenvalue weighted by Gasteiger charge is -2.19. The Labute approximate surface area is 175 Å². The van der Waals surface area contributed by atoms with Crippen LogP contribution in [0.4, 0.5) is 13.2 Å². The summed E-state index contributed by atoms with van der Waals surface area (Å²) in [5.74, 6) is 0.127. The number of benzene rings is 1. The maximum absolute atomic E-state index is 13.5. The van der Waals surface area contributed by atoms with Crippen LogP contribution in [0.15, 0.2) is 29.3 Å². The molecule has 0 spiro atoms. The second-order valence-corrected chi connectivity index (χ2v) is 10.2. The molecule has 0 unspecified atom stereocenters. The number of fused-ring (bicyclic) bond motifs is 1. The molecule has 0 saturated heterocycles. The normalized spacial score (nSPS) is 13.4. The van der Waals surface area contributed by atoms with Crippen molar-refractivity contribution in [2.45, 2.75) is 56.9 Å². The Morgan fingerprint density at radius 1 is 1.14 bits per heavy atom. The summed E-state index contributed by atoms with van der Waals surface area (Å²) < 4.78 is 42.3. The van der Waals surface area contributed by atoms with E-state index in [1.807, 2.05) is 0 Å². The fourth-order valence-electron chi connectivity index (χ4n) is 2.86. The minimum absolute atomic E-state index is 0.0596. The minimum atomic E-state index is -4.49. The van der Waals surface area contributed by atoms with E-state index >= 15 is 0 Å². The van der Waals surface area contributed by atoms with Gasteiger partial charge in [0.2, 0.25) is 0 Å². The molecule has 0 atom stereocenters. The zero-order chi connectivity index (χ0) is 21.8. The average Bonchev–Trinajstić information content (AvgIpc) is 3.07. The van der Waals surface area contributed by atoms with Gasteiger partial charge in [0.15, 0.2) is 4.96 Å². The quantitative estimate of drug-likeness (QED) is 0.512. The standard InChI is InChI=1S/C20H23F3N2O2S2/c1-11-16(25-9-15(19(4,5)27)29-17(25)24-11)12-6-7-13(20(21,22)23)14(8-12)28-10-18(2,3)26/h6-9,26-27H,10H2,1-5H3. The monoisotopic (exact) mass is 444 g/mol. The Morgan fingerprint density at radius 3 is 2.34 bits per heavy atom. The van der Waals surface area contributed by atoms with Crippen LogP contribution in [0.1, 0.15) is 43.8 Å². The number of thiazole rings is 1. The maximum Gasteiger partial charge on any atom is 0.417 e. The molecule has 4 nitrogen and oxygen atoms in total. The van der Waals surface area contributed by atoms with E-state index in [4.69, 9.17) is 0 Å². The van der Waals surface area contributed by atoms with Gasteiger partial charge in [-0.25, -0.2) is 4.98 Å². The second-order valence-electron chi connectivity index (χ2n) is 8.16. The number of hydrogen-bond donors (Lipinski definition) is 2. The Hall–Kier alpha value is -1.55.